The molecule has 0 aromatic heterocycles. The van der Waals surface area contributed by atoms with Crippen molar-refractivity contribution in [2.75, 3.05) is 26.4 Å². The van der Waals surface area contributed by atoms with Crippen molar-refractivity contribution in [2.45, 2.75) is 19.8 Å². The van der Waals surface area contributed by atoms with Crippen LogP contribution in [0.25, 0.3) is 0 Å². The molecule has 1 fully saturated rings. The van der Waals surface area contributed by atoms with E-state index in [0.29, 0.717) is 49.0 Å². The number of rotatable bonds is 7. The van der Waals surface area contributed by atoms with E-state index in [1.165, 1.54) is 0 Å². The van der Waals surface area contributed by atoms with E-state index in [0.717, 1.165) is 0 Å². The second-order valence-electron chi connectivity index (χ2n) is 5.68. The van der Waals surface area contributed by atoms with Gasteiger partial charge < -0.3 is 19.9 Å². The van der Waals surface area contributed by atoms with Gasteiger partial charge in [-0.2, -0.15) is 0 Å². The molecule has 1 aromatic rings. The normalized spacial score (nSPS) is 16.4. The SMILES string of the molecule is CCOc1cc(Cl)ccc1C(=O)NCC(C(=O)O)C1CCOCC1. The molecular formula is C17H22ClNO5. The Morgan fingerprint density at radius 3 is 2.75 bits per heavy atom. The van der Waals surface area contributed by atoms with E-state index in [9.17, 15) is 14.7 Å². The van der Waals surface area contributed by atoms with Crippen LogP contribution < -0.4 is 10.1 Å². The maximum Gasteiger partial charge on any atom is 0.308 e. The molecule has 24 heavy (non-hydrogen) atoms. The molecule has 0 spiro atoms. The maximum atomic E-state index is 12.4. The first kappa shape index (κ1) is 18.5. The van der Waals surface area contributed by atoms with Crippen molar-refractivity contribution < 1.29 is 24.2 Å². The fraction of sp³-hybridized carbons (Fsp3) is 0.529. The molecule has 1 unspecified atom stereocenters. The molecule has 2 rings (SSSR count). The summed E-state index contributed by atoms with van der Waals surface area (Å²) in [5.41, 5.74) is 0.345. The van der Waals surface area contributed by atoms with E-state index in [1.54, 1.807) is 18.2 Å². The standard InChI is InChI=1S/C17H22ClNO5/c1-2-24-15-9-12(18)3-4-13(15)16(20)19-10-14(17(21)22)11-5-7-23-8-6-11/h3-4,9,11,14H,2,5-8,10H2,1H3,(H,19,20)(H,21,22). The average molecular weight is 356 g/mol. The highest BCUT2D eigenvalue weighted by atomic mass is 35.5. The van der Waals surface area contributed by atoms with Gasteiger partial charge in [-0.05, 0) is 43.9 Å². The molecule has 2 N–H and O–H groups in total. The smallest absolute Gasteiger partial charge is 0.308 e. The lowest BCUT2D eigenvalue weighted by Gasteiger charge is -2.27. The van der Waals surface area contributed by atoms with Crippen molar-refractivity contribution in [2.24, 2.45) is 11.8 Å². The number of carboxylic acids is 1. The summed E-state index contributed by atoms with van der Waals surface area (Å²) < 4.78 is 10.7. The van der Waals surface area contributed by atoms with Crippen molar-refractivity contribution in [3.8, 4) is 5.75 Å². The molecule has 132 valence electrons. The van der Waals surface area contributed by atoms with Gasteiger partial charge >= 0.3 is 5.97 Å². The Kier molecular flexibility index (Phi) is 6.87. The van der Waals surface area contributed by atoms with Crippen molar-refractivity contribution in [3.05, 3.63) is 28.8 Å². The lowest BCUT2D eigenvalue weighted by atomic mass is 9.86. The number of carbonyl (C=O) groups is 2. The molecular weight excluding hydrogens is 334 g/mol. The maximum absolute atomic E-state index is 12.4. The van der Waals surface area contributed by atoms with Gasteiger partial charge in [0.25, 0.3) is 5.91 Å². The first-order chi connectivity index (χ1) is 11.5. The Balaban J connectivity index is 2.04. The van der Waals surface area contributed by atoms with Crippen LogP contribution in [0.5, 0.6) is 5.75 Å². The summed E-state index contributed by atoms with van der Waals surface area (Å²) in [6.07, 6.45) is 1.38. The van der Waals surface area contributed by atoms with Crippen molar-refractivity contribution in [1.82, 2.24) is 5.32 Å². The van der Waals surface area contributed by atoms with E-state index < -0.39 is 11.9 Å². The largest absolute Gasteiger partial charge is 0.493 e. The van der Waals surface area contributed by atoms with Crippen LogP contribution in [0.3, 0.4) is 0 Å². The number of carbonyl (C=O) groups excluding carboxylic acids is 1. The highest BCUT2D eigenvalue weighted by molar-refractivity contribution is 6.30. The first-order valence-corrected chi connectivity index (χ1v) is 8.41. The number of aliphatic carboxylic acids is 1. The van der Waals surface area contributed by atoms with Gasteiger partial charge in [0.15, 0.2) is 0 Å². The molecule has 1 amide bonds. The topological polar surface area (TPSA) is 84.9 Å². The molecule has 1 atom stereocenters. The monoisotopic (exact) mass is 355 g/mol. The fourth-order valence-corrected chi connectivity index (χ4v) is 2.99. The minimum atomic E-state index is -0.900. The minimum Gasteiger partial charge on any atom is -0.493 e. The van der Waals surface area contributed by atoms with Crippen LogP contribution in [0.2, 0.25) is 5.02 Å². The van der Waals surface area contributed by atoms with E-state index in [2.05, 4.69) is 5.32 Å². The van der Waals surface area contributed by atoms with Crippen molar-refractivity contribution in [1.29, 1.82) is 0 Å². The Bertz CT molecular complexity index is 586. The van der Waals surface area contributed by atoms with Crippen molar-refractivity contribution in [3.63, 3.8) is 0 Å². The Hall–Kier alpha value is -1.79. The molecule has 7 heteroatoms. The molecule has 1 aliphatic heterocycles. The van der Waals surface area contributed by atoms with Gasteiger partial charge in [0.2, 0.25) is 0 Å². The Labute approximate surface area is 146 Å². The second-order valence-corrected chi connectivity index (χ2v) is 6.11. The number of benzene rings is 1. The average Bonchev–Trinajstić information content (AvgIpc) is 2.56. The first-order valence-electron chi connectivity index (χ1n) is 8.04. The summed E-state index contributed by atoms with van der Waals surface area (Å²) in [6, 6.07) is 4.76. The van der Waals surface area contributed by atoms with Gasteiger partial charge in [-0.3, -0.25) is 9.59 Å². The van der Waals surface area contributed by atoms with Gasteiger partial charge in [0, 0.05) is 24.8 Å². The number of hydrogen-bond donors (Lipinski definition) is 2. The summed E-state index contributed by atoms with van der Waals surface area (Å²) in [6.45, 7) is 3.42. The fourth-order valence-electron chi connectivity index (χ4n) is 2.83. The molecule has 1 aliphatic rings. The highest BCUT2D eigenvalue weighted by Gasteiger charge is 2.30. The molecule has 0 radical (unpaired) electrons. The predicted octanol–water partition coefficient (Wildman–Crippen LogP) is 2.60. The lowest BCUT2D eigenvalue weighted by Crippen LogP contribution is -2.39. The van der Waals surface area contributed by atoms with Crippen LogP contribution in [0.15, 0.2) is 18.2 Å². The number of amides is 1. The van der Waals surface area contributed by atoms with Gasteiger partial charge in [0.05, 0.1) is 18.1 Å². The highest BCUT2D eigenvalue weighted by Crippen LogP contribution is 2.25. The lowest BCUT2D eigenvalue weighted by molar-refractivity contribution is -0.144. The van der Waals surface area contributed by atoms with Crippen LogP contribution in [0.1, 0.15) is 30.1 Å². The zero-order valence-electron chi connectivity index (χ0n) is 13.6. The van der Waals surface area contributed by atoms with Crippen LogP contribution in [-0.4, -0.2) is 43.3 Å². The third-order valence-corrected chi connectivity index (χ3v) is 4.36. The molecule has 6 nitrogen and oxygen atoms in total. The van der Waals surface area contributed by atoms with Gasteiger partial charge in [-0.25, -0.2) is 0 Å². The summed E-state index contributed by atoms with van der Waals surface area (Å²) in [4.78, 5) is 23.9. The zero-order chi connectivity index (χ0) is 17.5. The van der Waals surface area contributed by atoms with E-state index >= 15 is 0 Å². The minimum absolute atomic E-state index is 0.00753. The van der Waals surface area contributed by atoms with Crippen molar-refractivity contribution >= 4 is 23.5 Å². The predicted molar refractivity (Wildman–Crippen MR) is 89.6 cm³/mol. The van der Waals surface area contributed by atoms with Gasteiger partial charge in [-0.1, -0.05) is 11.6 Å². The zero-order valence-corrected chi connectivity index (χ0v) is 14.3. The molecule has 0 aliphatic carbocycles. The Morgan fingerprint density at radius 2 is 2.12 bits per heavy atom. The summed E-state index contributed by atoms with van der Waals surface area (Å²) in [5, 5.41) is 12.6. The summed E-state index contributed by atoms with van der Waals surface area (Å²) in [7, 11) is 0. The van der Waals surface area contributed by atoms with Crippen LogP contribution in [0.4, 0.5) is 0 Å². The molecule has 1 heterocycles. The van der Waals surface area contributed by atoms with E-state index in [4.69, 9.17) is 21.1 Å². The van der Waals surface area contributed by atoms with Crippen LogP contribution in [0, 0.1) is 11.8 Å². The molecule has 0 bridgehead atoms. The summed E-state index contributed by atoms with van der Waals surface area (Å²) >= 11 is 5.93. The number of ether oxygens (including phenoxy) is 2. The number of nitrogens with one attached hydrogen (secondary N) is 1. The second kappa shape index (κ2) is 8.89. The van der Waals surface area contributed by atoms with E-state index in [1.807, 2.05) is 6.92 Å². The van der Waals surface area contributed by atoms with Crippen LogP contribution in [-0.2, 0) is 9.53 Å². The third-order valence-electron chi connectivity index (χ3n) is 4.12. The van der Waals surface area contributed by atoms with Crippen LogP contribution >= 0.6 is 11.6 Å². The molecule has 1 aromatic carbocycles. The number of hydrogen-bond acceptors (Lipinski definition) is 4. The number of carboxylic acid groups (broad SMARTS) is 1. The number of halogens is 1. The molecule has 0 saturated carbocycles. The third kappa shape index (κ3) is 4.85. The summed E-state index contributed by atoms with van der Waals surface area (Å²) in [5.74, 6) is -1.49. The Morgan fingerprint density at radius 1 is 1.42 bits per heavy atom. The van der Waals surface area contributed by atoms with Gasteiger partial charge in [-0.15, -0.1) is 0 Å². The van der Waals surface area contributed by atoms with Gasteiger partial charge in [0.1, 0.15) is 5.75 Å². The quantitative estimate of drug-likeness (QED) is 0.785. The van der Waals surface area contributed by atoms with E-state index in [-0.39, 0.29) is 18.4 Å². The molecule has 1 saturated heterocycles.